The van der Waals surface area contributed by atoms with Crippen LogP contribution in [-0.4, -0.2) is 82.9 Å². The molecule has 8 nitrogen and oxygen atoms in total. The zero-order chi connectivity index (χ0) is 29.4. The minimum absolute atomic E-state index is 0.333. The number of nitrogens with two attached hydrogens (primary N) is 1. The third kappa shape index (κ3) is 6.00. The SMILES string of the molecule is CCCN(CCN1CCN(c2ccc3c4ccccc4n(C(=O)OC(C)(C)C)c3c2)CC1)[C@H]1CCc2nc(N)sc2C1. The number of hydrogen-bond donors (Lipinski definition) is 1. The summed E-state index contributed by atoms with van der Waals surface area (Å²) >= 11 is 1.68. The number of anilines is 2. The van der Waals surface area contributed by atoms with Gasteiger partial charge in [0, 0.05) is 66.6 Å². The Kier molecular flexibility index (Phi) is 8.18. The van der Waals surface area contributed by atoms with E-state index in [1.165, 1.54) is 23.4 Å². The maximum Gasteiger partial charge on any atom is 0.419 e. The first-order chi connectivity index (χ1) is 20.2. The Morgan fingerprint density at radius 3 is 2.60 bits per heavy atom. The third-order valence-electron chi connectivity index (χ3n) is 8.63. The Bertz CT molecular complexity index is 1560. The van der Waals surface area contributed by atoms with Gasteiger partial charge in [0.05, 0.1) is 16.7 Å². The number of benzene rings is 2. The van der Waals surface area contributed by atoms with E-state index in [1.807, 2.05) is 39.0 Å². The number of aromatic nitrogens is 2. The predicted octanol–water partition coefficient (Wildman–Crippen LogP) is 6.01. The lowest BCUT2D eigenvalue weighted by Crippen LogP contribution is -2.50. The molecular weight excluding hydrogens is 544 g/mol. The number of fused-ring (bicyclic) bond motifs is 4. The third-order valence-corrected chi connectivity index (χ3v) is 9.58. The molecule has 1 aliphatic carbocycles. The summed E-state index contributed by atoms with van der Waals surface area (Å²) in [4.78, 5) is 27.0. The molecule has 2 aliphatic rings. The fourth-order valence-corrected chi connectivity index (χ4v) is 7.56. The van der Waals surface area contributed by atoms with Gasteiger partial charge in [-0.2, -0.15) is 0 Å². The van der Waals surface area contributed by atoms with Crippen molar-refractivity contribution in [3.63, 3.8) is 0 Å². The normalized spacial score (nSPS) is 18.2. The molecule has 0 unspecified atom stereocenters. The number of aryl methyl sites for hydroxylation is 1. The van der Waals surface area contributed by atoms with Gasteiger partial charge in [0.2, 0.25) is 0 Å². The van der Waals surface area contributed by atoms with Crippen molar-refractivity contribution in [1.29, 1.82) is 0 Å². The monoisotopic (exact) mass is 588 g/mol. The molecule has 42 heavy (non-hydrogen) atoms. The summed E-state index contributed by atoms with van der Waals surface area (Å²) in [5.74, 6) is 0. The standard InChI is InChI=1S/C33H44N6O2S/c1-5-14-37(24-11-13-27-30(22-24)42-31(34)35-27)18-15-36-16-19-38(20-17-36)23-10-12-26-25-8-6-7-9-28(25)39(29(26)21-23)32(40)41-33(2,3)4/h6-10,12,21,24H,5,11,13-20,22H2,1-4H3,(H2,34,35)/t24-/m0/s1. The topological polar surface area (TPSA) is 79.9 Å². The molecule has 1 aliphatic heterocycles. The van der Waals surface area contributed by atoms with Gasteiger partial charge in [0.15, 0.2) is 5.13 Å². The van der Waals surface area contributed by atoms with Crippen molar-refractivity contribution in [1.82, 2.24) is 19.4 Å². The maximum atomic E-state index is 13.3. The molecule has 3 heterocycles. The first-order valence-corrected chi connectivity index (χ1v) is 16.2. The van der Waals surface area contributed by atoms with Gasteiger partial charge in [-0.05, 0) is 71.2 Å². The number of piperazine rings is 1. The number of rotatable bonds is 7. The molecule has 0 radical (unpaired) electrons. The van der Waals surface area contributed by atoms with Crippen LogP contribution in [0.1, 0.15) is 51.1 Å². The minimum atomic E-state index is -0.565. The summed E-state index contributed by atoms with van der Waals surface area (Å²) < 4.78 is 7.56. The lowest BCUT2D eigenvalue weighted by Gasteiger charge is -2.39. The van der Waals surface area contributed by atoms with Crippen molar-refractivity contribution in [2.24, 2.45) is 0 Å². The average molecular weight is 589 g/mol. The number of ether oxygens (including phenoxy) is 1. The van der Waals surface area contributed by atoms with Gasteiger partial charge in [-0.3, -0.25) is 9.80 Å². The van der Waals surface area contributed by atoms with E-state index in [-0.39, 0.29) is 6.09 Å². The Hall–Kier alpha value is -3.14. The Morgan fingerprint density at radius 1 is 1.07 bits per heavy atom. The zero-order valence-corrected chi connectivity index (χ0v) is 26.3. The number of para-hydroxylation sites is 1. The summed E-state index contributed by atoms with van der Waals surface area (Å²) in [5, 5.41) is 2.86. The molecule has 2 aromatic carbocycles. The highest BCUT2D eigenvalue weighted by Gasteiger charge is 2.28. The largest absolute Gasteiger partial charge is 0.443 e. The number of carbonyl (C=O) groups is 1. The van der Waals surface area contributed by atoms with Crippen LogP contribution < -0.4 is 10.6 Å². The molecule has 1 fully saturated rings. The number of carbonyl (C=O) groups excluding carboxylic acids is 1. The van der Waals surface area contributed by atoms with Crippen molar-refractivity contribution >= 4 is 50.1 Å². The number of hydrogen-bond acceptors (Lipinski definition) is 8. The van der Waals surface area contributed by atoms with E-state index in [1.54, 1.807) is 15.9 Å². The Balaban J connectivity index is 1.12. The van der Waals surface area contributed by atoms with E-state index in [9.17, 15) is 4.79 Å². The molecule has 0 bridgehead atoms. The van der Waals surface area contributed by atoms with E-state index >= 15 is 0 Å². The number of nitrogens with zero attached hydrogens (tertiary/aromatic N) is 5. The highest BCUT2D eigenvalue weighted by Crippen LogP contribution is 2.33. The van der Waals surface area contributed by atoms with Crippen LogP contribution in [0, 0.1) is 0 Å². The maximum absolute atomic E-state index is 13.3. The summed E-state index contributed by atoms with van der Waals surface area (Å²) in [6, 6.07) is 15.2. The van der Waals surface area contributed by atoms with Gasteiger partial charge in [-0.1, -0.05) is 31.2 Å². The molecule has 4 aromatic rings. The quantitative estimate of drug-likeness (QED) is 0.283. The molecule has 9 heteroatoms. The van der Waals surface area contributed by atoms with Crippen molar-refractivity contribution < 1.29 is 9.53 Å². The van der Waals surface area contributed by atoms with E-state index in [0.717, 1.165) is 86.1 Å². The molecule has 1 saturated heterocycles. The molecule has 6 rings (SSSR count). The van der Waals surface area contributed by atoms with Crippen molar-refractivity contribution in [2.45, 2.75) is 65.0 Å². The summed E-state index contributed by atoms with van der Waals surface area (Å²) in [6.07, 6.45) is 4.14. The molecule has 0 amide bonds. The Morgan fingerprint density at radius 2 is 1.83 bits per heavy atom. The first-order valence-electron chi connectivity index (χ1n) is 15.4. The molecule has 0 saturated carbocycles. The minimum Gasteiger partial charge on any atom is -0.443 e. The first kappa shape index (κ1) is 29.0. The summed E-state index contributed by atoms with van der Waals surface area (Å²) in [6.45, 7) is 15.4. The van der Waals surface area contributed by atoms with Crippen molar-refractivity contribution in [3.05, 3.63) is 53.0 Å². The number of thiazole rings is 1. The lowest BCUT2D eigenvalue weighted by atomic mass is 9.96. The second-order valence-corrected chi connectivity index (χ2v) is 13.8. The van der Waals surface area contributed by atoms with Crippen LogP contribution in [0.25, 0.3) is 21.8 Å². The summed E-state index contributed by atoms with van der Waals surface area (Å²) in [5.41, 5.74) is 9.60. The van der Waals surface area contributed by atoms with E-state index in [0.29, 0.717) is 11.2 Å². The molecular formula is C33H44N6O2S. The smallest absolute Gasteiger partial charge is 0.419 e. The molecule has 224 valence electrons. The van der Waals surface area contributed by atoms with Crippen LogP contribution in [-0.2, 0) is 17.6 Å². The second-order valence-electron chi connectivity index (χ2n) is 12.7. The van der Waals surface area contributed by atoms with Crippen molar-refractivity contribution in [2.75, 3.05) is 56.4 Å². The number of nitrogen functional groups attached to an aromatic ring is 1. The van der Waals surface area contributed by atoms with Gasteiger partial charge in [0.1, 0.15) is 5.60 Å². The predicted molar refractivity (Wildman–Crippen MR) is 174 cm³/mol. The fraction of sp³-hybridized carbons (Fsp3) is 0.515. The van der Waals surface area contributed by atoms with Crippen LogP contribution in [0.4, 0.5) is 15.6 Å². The van der Waals surface area contributed by atoms with E-state index in [2.05, 4.69) is 50.9 Å². The Labute approximate surface area is 253 Å². The van der Waals surface area contributed by atoms with Gasteiger partial charge in [0.25, 0.3) is 0 Å². The van der Waals surface area contributed by atoms with Gasteiger partial charge >= 0.3 is 6.09 Å². The van der Waals surface area contributed by atoms with Crippen LogP contribution in [0.5, 0.6) is 0 Å². The summed E-state index contributed by atoms with van der Waals surface area (Å²) in [7, 11) is 0. The highest BCUT2D eigenvalue weighted by molar-refractivity contribution is 7.15. The van der Waals surface area contributed by atoms with Crippen LogP contribution in [0.2, 0.25) is 0 Å². The van der Waals surface area contributed by atoms with E-state index < -0.39 is 5.60 Å². The van der Waals surface area contributed by atoms with Crippen molar-refractivity contribution in [3.8, 4) is 0 Å². The average Bonchev–Trinajstić information content (AvgIpc) is 3.50. The fourth-order valence-electron chi connectivity index (χ4n) is 6.61. The zero-order valence-electron chi connectivity index (χ0n) is 25.4. The van der Waals surface area contributed by atoms with Gasteiger partial charge < -0.3 is 15.4 Å². The highest BCUT2D eigenvalue weighted by atomic mass is 32.1. The van der Waals surface area contributed by atoms with Gasteiger partial charge in [-0.25, -0.2) is 14.3 Å². The van der Waals surface area contributed by atoms with Gasteiger partial charge in [-0.15, -0.1) is 11.3 Å². The molecule has 2 N–H and O–H groups in total. The van der Waals surface area contributed by atoms with Crippen LogP contribution >= 0.6 is 11.3 Å². The lowest BCUT2D eigenvalue weighted by molar-refractivity contribution is 0.0551. The molecule has 1 atom stereocenters. The second kappa shape index (κ2) is 11.9. The van der Waals surface area contributed by atoms with Crippen LogP contribution in [0.3, 0.4) is 0 Å². The molecule has 0 spiro atoms. The van der Waals surface area contributed by atoms with E-state index in [4.69, 9.17) is 10.5 Å². The van der Waals surface area contributed by atoms with Crippen LogP contribution in [0.15, 0.2) is 42.5 Å². The molecule has 2 aromatic heterocycles.